The van der Waals surface area contributed by atoms with Gasteiger partial charge in [0.25, 0.3) is 0 Å². The van der Waals surface area contributed by atoms with Gasteiger partial charge in [0.05, 0.1) is 6.61 Å². The van der Waals surface area contributed by atoms with Crippen LogP contribution in [0.25, 0.3) is 0 Å². The van der Waals surface area contributed by atoms with Crippen LogP contribution in [0.1, 0.15) is 11.1 Å². The highest BCUT2D eigenvalue weighted by Gasteiger charge is 1.98. The van der Waals surface area contributed by atoms with Gasteiger partial charge >= 0.3 is 0 Å². The molecule has 0 unspecified atom stereocenters. The number of oxime groups is 1. The van der Waals surface area contributed by atoms with E-state index in [1.165, 1.54) is 0 Å². The van der Waals surface area contributed by atoms with Crippen LogP contribution in [0.2, 0.25) is 0 Å². The average molecular weight is 186 g/mol. The molecule has 0 aliphatic carbocycles. The van der Waals surface area contributed by atoms with Crippen molar-refractivity contribution in [2.45, 2.75) is 6.61 Å². The third kappa shape index (κ3) is 1.96. The Bertz CT molecular complexity index is 282. The number of aliphatic hydroxyl groups is 1. The number of nitrogens with zero attached hydrogens (tertiary/aromatic N) is 1. The summed E-state index contributed by atoms with van der Waals surface area (Å²) >= 11 is 5.52. The number of aliphatic hydroxyl groups excluding tert-OH is 1. The standard InChI is InChI=1S/C8H8ClNO2/c9-8(10-12)7-3-1-6(5-11)2-4-7/h1-4,11-12H,5H2. The molecule has 0 aliphatic heterocycles. The Kier molecular flexibility index (Phi) is 3.08. The molecule has 0 saturated heterocycles. The fraction of sp³-hybridized carbons (Fsp3) is 0.125. The normalized spacial score (nSPS) is 11.7. The fourth-order valence-corrected chi connectivity index (χ4v) is 0.931. The third-order valence-electron chi connectivity index (χ3n) is 1.46. The van der Waals surface area contributed by atoms with Crippen molar-refractivity contribution in [1.82, 2.24) is 0 Å². The molecule has 1 aromatic carbocycles. The van der Waals surface area contributed by atoms with E-state index in [1.54, 1.807) is 24.3 Å². The van der Waals surface area contributed by atoms with E-state index >= 15 is 0 Å². The van der Waals surface area contributed by atoms with E-state index in [-0.39, 0.29) is 11.8 Å². The summed E-state index contributed by atoms with van der Waals surface area (Å²) in [6.07, 6.45) is 0. The van der Waals surface area contributed by atoms with Crippen LogP contribution in [-0.2, 0) is 6.61 Å². The van der Waals surface area contributed by atoms with Gasteiger partial charge in [-0.3, -0.25) is 0 Å². The summed E-state index contributed by atoms with van der Waals surface area (Å²) in [6.45, 7) is -0.00579. The molecule has 0 radical (unpaired) electrons. The smallest absolute Gasteiger partial charge is 0.175 e. The predicted molar refractivity (Wildman–Crippen MR) is 46.5 cm³/mol. The first-order valence-electron chi connectivity index (χ1n) is 3.35. The van der Waals surface area contributed by atoms with Crippen LogP contribution in [-0.4, -0.2) is 15.5 Å². The molecule has 1 aromatic rings. The molecule has 64 valence electrons. The zero-order valence-electron chi connectivity index (χ0n) is 6.24. The molecule has 0 fully saturated rings. The molecule has 4 heteroatoms. The molecule has 1 rings (SSSR count). The van der Waals surface area contributed by atoms with Crippen LogP contribution in [0.4, 0.5) is 0 Å². The SMILES string of the molecule is OCc1ccc(C(Cl)=NO)cc1. The van der Waals surface area contributed by atoms with Gasteiger partial charge in [0, 0.05) is 5.56 Å². The van der Waals surface area contributed by atoms with Crippen LogP contribution < -0.4 is 0 Å². The zero-order chi connectivity index (χ0) is 8.97. The highest BCUT2D eigenvalue weighted by atomic mass is 35.5. The molecule has 0 amide bonds. The molecule has 0 saturated carbocycles. The average Bonchev–Trinajstić information content (AvgIpc) is 2.17. The lowest BCUT2D eigenvalue weighted by molar-refractivity contribution is 0.282. The number of halogens is 1. The van der Waals surface area contributed by atoms with Crippen LogP contribution in [0.3, 0.4) is 0 Å². The van der Waals surface area contributed by atoms with Gasteiger partial charge in [0.15, 0.2) is 5.17 Å². The Morgan fingerprint density at radius 2 is 1.92 bits per heavy atom. The van der Waals surface area contributed by atoms with Crippen LogP contribution in [0.5, 0.6) is 0 Å². The summed E-state index contributed by atoms with van der Waals surface area (Å²) in [5, 5.41) is 19.9. The first-order chi connectivity index (χ1) is 5.77. The molecular weight excluding hydrogens is 178 g/mol. The number of hydrogen-bond donors (Lipinski definition) is 2. The molecule has 2 N–H and O–H groups in total. The van der Waals surface area contributed by atoms with Crippen LogP contribution in [0, 0.1) is 0 Å². The lowest BCUT2D eigenvalue weighted by Gasteiger charge is -1.97. The minimum Gasteiger partial charge on any atom is -0.410 e. The van der Waals surface area contributed by atoms with E-state index < -0.39 is 0 Å². The first kappa shape index (κ1) is 9.03. The van der Waals surface area contributed by atoms with E-state index in [9.17, 15) is 0 Å². The topological polar surface area (TPSA) is 52.8 Å². The van der Waals surface area contributed by atoms with Gasteiger partial charge in [0.2, 0.25) is 0 Å². The second kappa shape index (κ2) is 4.09. The Morgan fingerprint density at radius 1 is 1.33 bits per heavy atom. The summed E-state index contributed by atoms with van der Waals surface area (Å²) in [5.74, 6) is 0. The van der Waals surface area contributed by atoms with Gasteiger partial charge in [0.1, 0.15) is 0 Å². The van der Waals surface area contributed by atoms with E-state index in [0.29, 0.717) is 5.56 Å². The minimum atomic E-state index is -0.00579. The molecular formula is C8H8ClNO2. The third-order valence-corrected chi connectivity index (χ3v) is 1.76. The van der Waals surface area contributed by atoms with Crippen molar-refractivity contribution < 1.29 is 10.3 Å². The molecule has 3 nitrogen and oxygen atoms in total. The van der Waals surface area contributed by atoms with Gasteiger partial charge in [-0.1, -0.05) is 41.0 Å². The van der Waals surface area contributed by atoms with Crippen molar-refractivity contribution in [2.24, 2.45) is 5.16 Å². The van der Waals surface area contributed by atoms with Gasteiger partial charge in [-0.05, 0) is 5.56 Å². The minimum absolute atomic E-state index is 0.00579. The van der Waals surface area contributed by atoms with Gasteiger partial charge in [-0.15, -0.1) is 0 Å². The summed E-state index contributed by atoms with van der Waals surface area (Å²) in [7, 11) is 0. The van der Waals surface area contributed by atoms with E-state index in [4.69, 9.17) is 21.9 Å². The van der Waals surface area contributed by atoms with Crippen molar-refractivity contribution in [3.05, 3.63) is 35.4 Å². The second-order valence-electron chi connectivity index (χ2n) is 2.25. The summed E-state index contributed by atoms with van der Waals surface area (Å²) in [6, 6.07) is 6.77. The summed E-state index contributed by atoms with van der Waals surface area (Å²) in [4.78, 5) is 0. The van der Waals surface area contributed by atoms with Crippen molar-refractivity contribution in [2.75, 3.05) is 0 Å². The van der Waals surface area contributed by atoms with Crippen molar-refractivity contribution in [3.63, 3.8) is 0 Å². The summed E-state index contributed by atoms with van der Waals surface area (Å²) in [5.41, 5.74) is 1.41. The van der Waals surface area contributed by atoms with E-state index in [1.807, 2.05) is 0 Å². The highest BCUT2D eigenvalue weighted by Crippen LogP contribution is 2.07. The lowest BCUT2D eigenvalue weighted by Crippen LogP contribution is -1.91. The number of benzene rings is 1. The maximum Gasteiger partial charge on any atom is 0.175 e. The Labute approximate surface area is 74.9 Å². The Hall–Kier alpha value is -1.06. The maximum atomic E-state index is 8.71. The molecule has 0 heterocycles. The fourth-order valence-electron chi connectivity index (χ4n) is 0.805. The maximum absolute atomic E-state index is 8.71. The van der Waals surface area contributed by atoms with E-state index in [0.717, 1.165) is 5.56 Å². The van der Waals surface area contributed by atoms with Crippen molar-refractivity contribution in [1.29, 1.82) is 0 Å². The predicted octanol–water partition coefficient (Wildman–Crippen LogP) is 1.55. The number of rotatable bonds is 2. The highest BCUT2D eigenvalue weighted by molar-refractivity contribution is 6.69. The van der Waals surface area contributed by atoms with Gasteiger partial charge < -0.3 is 10.3 Å². The van der Waals surface area contributed by atoms with Gasteiger partial charge in [-0.25, -0.2) is 0 Å². The monoisotopic (exact) mass is 185 g/mol. The molecule has 0 aromatic heterocycles. The van der Waals surface area contributed by atoms with Crippen molar-refractivity contribution >= 4 is 16.8 Å². The molecule has 12 heavy (non-hydrogen) atoms. The second-order valence-corrected chi connectivity index (χ2v) is 2.60. The van der Waals surface area contributed by atoms with E-state index in [2.05, 4.69) is 5.16 Å². The number of hydrogen-bond acceptors (Lipinski definition) is 3. The van der Waals surface area contributed by atoms with Crippen LogP contribution in [0.15, 0.2) is 29.4 Å². The van der Waals surface area contributed by atoms with Crippen molar-refractivity contribution in [3.8, 4) is 0 Å². The first-order valence-corrected chi connectivity index (χ1v) is 3.73. The Balaban J connectivity index is 2.92. The summed E-state index contributed by atoms with van der Waals surface area (Å²) < 4.78 is 0. The molecule has 0 aliphatic rings. The van der Waals surface area contributed by atoms with Gasteiger partial charge in [-0.2, -0.15) is 0 Å². The lowest BCUT2D eigenvalue weighted by atomic mass is 10.1. The zero-order valence-corrected chi connectivity index (χ0v) is 6.99. The van der Waals surface area contributed by atoms with Crippen LogP contribution >= 0.6 is 11.6 Å². The molecule has 0 atom stereocenters. The molecule has 0 spiro atoms. The quantitative estimate of drug-likeness (QED) is 0.417. The largest absolute Gasteiger partial charge is 0.410 e. The molecule has 0 bridgehead atoms. The Morgan fingerprint density at radius 3 is 2.33 bits per heavy atom.